The molecule has 200 valence electrons. The van der Waals surface area contributed by atoms with Gasteiger partial charge in [-0.2, -0.15) is 0 Å². The molecule has 0 fully saturated rings. The van der Waals surface area contributed by atoms with Gasteiger partial charge in [0.1, 0.15) is 23.4 Å². The second-order valence-corrected chi connectivity index (χ2v) is 9.57. The van der Waals surface area contributed by atoms with Crippen molar-refractivity contribution in [3.05, 3.63) is 71.8 Å². The van der Waals surface area contributed by atoms with E-state index in [4.69, 9.17) is 9.47 Å². The molecule has 37 heavy (non-hydrogen) atoms. The molecule has 0 saturated carbocycles. The van der Waals surface area contributed by atoms with Gasteiger partial charge < -0.3 is 30.1 Å². The van der Waals surface area contributed by atoms with E-state index in [1.807, 2.05) is 26.0 Å². The number of ether oxygens (including phenoxy) is 2. The van der Waals surface area contributed by atoms with Gasteiger partial charge in [-0.1, -0.05) is 24.3 Å². The molecule has 3 N–H and O–H groups in total. The predicted molar refractivity (Wildman–Crippen MR) is 142 cm³/mol. The number of aryl methyl sites for hydroxylation is 1. The van der Waals surface area contributed by atoms with Gasteiger partial charge in [0.2, 0.25) is 5.91 Å². The maximum atomic E-state index is 13.7. The van der Waals surface area contributed by atoms with Gasteiger partial charge in [-0.25, -0.2) is 4.79 Å². The Labute approximate surface area is 218 Å². The molecule has 0 spiro atoms. The van der Waals surface area contributed by atoms with Crippen molar-refractivity contribution in [1.82, 2.24) is 10.2 Å². The lowest BCUT2D eigenvalue weighted by atomic mass is 9.95. The molecule has 0 aliphatic rings. The first-order chi connectivity index (χ1) is 17.4. The number of rotatable bonds is 10. The fourth-order valence-corrected chi connectivity index (χ4v) is 3.70. The van der Waals surface area contributed by atoms with Gasteiger partial charge in [0.15, 0.2) is 0 Å². The topological polar surface area (TPSA) is 117 Å². The Kier molecular flexibility index (Phi) is 10.3. The van der Waals surface area contributed by atoms with E-state index in [0.717, 1.165) is 11.1 Å². The number of benzene rings is 2. The van der Waals surface area contributed by atoms with Crippen molar-refractivity contribution < 1.29 is 29.0 Å². The number of hydrogen-bond donors (Lipinski definition) is 3. The SMILES string of the molecule is C=CCN(C(=O)C(CO)NC(=O)OC(C)(C)C)C(C(=O)Nc1ccc(OC)cc1)c1cccc(C)c1C. The molecule has 0 aromatic heterocycles. The van der Waals surface area contributed by atoms with Crippen LogP contribution in [0.15, 0.2) is 55.1 Å². The first-order valence-corrected chi connectivity index (χ1v) is 11.9. The van der Waals surface area contributed by atoms with Gasteiger partial charge in [0.05, 0.1) is 13.7 Å². The highest BCUT2D eigenvalue weighted by Crippen LogP contribution is 2.29. The molecule has 0 aliphatic carbocycles. The van der Waals surface area contributed by atoms with E-state index in [9.17, 15) is 19.5 Å². The lowest BCUT2D eigenvalue weighted by Gasteiger charge is -2.34. The molecule has 2 atom stereocenters. The molecule has 2 rings (SSSR count). The largest absolute Gasteiger partial charge is 0.497 e. The fourth-order valence-electron chi connectivity index (χ4n) is 3.70. The lowest BCUT2D eigenvalue weighted by molar-refractivity contribution is -0.140. The van der Waals surface area contributed by atoms with Crippen molar-refractivity contribution in [2.45, 2.75) is 52.3 Å². The molecule has 2 unspecified atom stereocenters. The second-order valence-electron chi connectivity index (χ2n) is 9.57. The van der Waals surface area contributed by atoms with Crippen LogP contribution in [0.4, 0.5) is 10.5 Å². The molecule has 2 aromatic carbocycles. The van der Waals surface area contributed by atoms with Crippen LogP contribution in [0.1, 0.15) is 43.5 Å². The maximum Gasteiger partial charge on any atom is 0.408 e. The normalized spacial score (nSPS) is 12.6. The van der Waals surface area contributed by atoms with Crippen LogP contribution in [0.3, 0.4) is 0 Å². The third-order valence-corrected chi connectivity index (χ3v) is 5.64. The average Bonchev–Trinajstić information content (AvgIpc) is 2.83. The summed E-state index contributed by atoms with van der Waals surface area (Å²) in [6.45, 7) is 11.9. The molecular weight excluding hydrogens is 474 g/mol. The van der Waals surface area contributed by atoms with Crippen molar-refractivity contribution in [2.24, 2.45) is 0 Å². The standard InChI is InChI=1S/C28H37N3O6/c1-8-16-31(26(34)23(17-32)30-27(35)37-28(4,5)6)24(22-11-9-10-18(2)19(22)3)25(33)29-20-12-14-21(36-7)15-13-20/h8-15,23-24,32H,1,16-17H2,2-7H3,(H,29,33)(H,30,35). The van der Waals surface area contributed by atoms with Crippen LogP contribution in [0.25, 0.3) is 0 Å². The summed E-state index contributed by atoms with van der Waals surface area (Å²) in [6.07, 6.45) is 0.628. The highest BCUT2D eigenvalue weighted by molar-refractivity contribution is 5.99. The number of anilines is 1. The number of hydrogen-bond acceptors (Lipinski definition) is 6. The van der Waals surface area contributed by atoms with Crippen LogP contribution in [0.5, 0.6) is 5.75 Å². The summed E-state index contributed by atoms with van der Waals surface area (Å²) in [7, 11) is 1.55. The number of methoxy groups -OCH3 is 1. The highest BCUT2D eigenvalue weighted by atomic mass is 16.6. The Morgan fingerprint density at radius 2 is 1.76 bits per heavy atom. The zero-order valence-corrected chi connectivity index (χ0v) is 22.3. The van der Waals surface area contributed by atoms with Crippen LogP contribution in [0.2, 0.25) is 0 Å². The van der Waals surface area contributed by atoms with Gasteiger partial charge in [-0.15, -0.1) is 6.58 Å². The average molecular weight is 512 g/mol. The van der Waals surface area contributed by atoms with E-state index >= 15 is 0 Å². The quantitative estimate of drug-likeness (QED) is 0.417. The van der Waals surface area contributed by atoms with Gasteiger partial charge in [-0.05, 0) is 75.6 Å². The Balaban J connectivity index is 2.49. The van der Waals surface area contributed by atoms with E-state index < -0.39 is 42.2 Å². The molecule has 0 radical (unpaired) electrons. The summed E-state index contributed by atoms with van der Waals surface area (Å²) < 4.78 is 10.4. The zero-order chi connectivity index (χ0) is 27.8. The molecule has 0 saturated heterocycles. The van der Waals surface area contributed by atoms with Gasteiger partial charge in [0, 0.05) is 12.2 Å². The van der Waals surface area contributed by atoms with E-state index in [1.54, 1.807) is 58.2 Å². The van der Waals surface area contributed by atoms with Gasteiger partial charge in [-0.3, -0.25) is 9.59 Å². The van der Waals surface area contributed by atoms with Crippen LogP contribution in [0, 0.1) is 13.8 Å². The minimum atomic E-state index is -1.34. The molecule has 0 heterocycles. The third kappa shape index (κ3) is 8.08. The number of alkyl carbamates (subject to hydrolysis) is 1. The summed E-state index contributed by atoms with van der Waals surface area (Å²) in [4.78, 5) is 41.0. The predicted octanol–water partition coefficient (Wildman–Crippen LogP) is 3.89. The first kappa shape index (κ1) is 29.4. The minimum Gasteiger partial charge on any atom is -0.497 e. The summed E-state index contributed by atoms with van der Waals surface area (Å²) in [6, 6.07) is 9.89. The maximum absolute atomic E-state index is 13.7. The van der Waals surface area contributed by atoms with E-state index in [0.29, 0.717) is 17.0 Å². The monoisotopic (exact) mass is 511 g/mol. The number of aliphatic hydroxyl groups is 1. The number of carbonyl (C=O) groups excluding carboxylic acids is 3. The summed E-state index contributed by atoms with van der Waals surface area (Å²) >= 11 is 0. The number of nitrogens with one attached hydrogen (secondary N) is 2. The second kappa shape index (κ2) is 12.9. The van der Waals surface area contributed by atoms with Gasteiger partial charge >= 0.3 is 6.09 Å². The fraction of sp³-hybridized carbons (Fsp3) is 0.393. The van der Waals surface area contributed by atoms with Crippen molar-refractivity contribution in [2.75, 3.05) is 25.6 Å². The number of amides is 3. The van der Waals surface area contributed by atoms with Crippen molar-refractivity contribution in [1.29, 1.82) is 0 Å². The van der Waals surface area contributed by atoms with E-state index in [2.05, 4.69) is 17.2 Å². The molecule has 9 nitrogen and oxygen atoms in total. The molecule has 3 amide bonds. The molecule has 9 heteroatoms. The van der Waals surface area contributed by atoms with Crippen LogP contribution >= 0.6 is 0 Å². The van der Waals surface area contributed by atoms with Crippen molar-refractivity contribution >= 4 is 23.6 Å². The molecule has 2 aromatic rings. The number of carbonyl (C=O) groups is 3. The number of nitrogens with zero attached hydrogens (tertiary/aromatic N) is 1. The van der Waals surface area contributed by atoms with E-state index in [1.165, 1.54) is 11.0 Å². The Hall–Kier alpha value is -3.85. The zero-order valence-electron chi connectivity index (χ0n) is 22.3. The Morgan fingerprint density at radius 3 is 2.30 bits per heavy atom. The number of aliphatic hydroxyl groups excluding tert-OH is 1. The Morgan fingerprint density at radius 1 is 1.11 bits per heavy atom. The molecule has 0 bridgehead atoms. The third-order valence-electron chi connectivity index (χ3n) is 5.64. The first-order valence-electron chi connectivity index (χ1n) is 11.9. The molecular formula is C28H37N3O6. The van der Waals surface area contributed by atoms with Crippen LogP contribution in [-0.4, -0.2) is 59.8 Å². The summed E-state index contributed by atoms with van der Waals surface area (Å²) in [5.74, 6) is -0.501. The van der Waals surface area contributed by atoms with Crippen molar-refractivity contribution in [3.8, 4) is 5.75 Å². The summed E-state index contributed by atoms with van der Waals surface area (Å²) in [5, 5.41) is 15.3. The van der Waals surface area contributed by atoms with Crippen LogP contribution in [-0.2, 0) is 14.3 Å². The summed E-state index contributed by atoms with van der Waals surface area (Å²) in [5.41, 5.74) is 2.09. The van der Waals surface area contributed by atoms with Gasteiger partial charge in [0.25, 0.3) is 5.91 Å². The molecule has 0 aliphatic heterocycles. The minimum absolute atomic E-state index is 0.0145. The van der Waals surface area contributed by atoms with Crippen LogP contribution < -0.4 is 15.4 Å². The van der Waals surface area contributed by atoms with Crippen molar-refractivity contribution in [3.63, 3.8) is 0 Å². The smallest absolute Gasteiger partial charge is 0.408 e. The highest BCUT2D eigenvalue weighted by Gasteiger charge is 2.36. The Bertz CT molecular complexity index is 1110. The van der Waals surface area contributed by atoms with E-state index in [-0.39, 0.29) is 6.54 Å². The lowest BCUT2D eigenvalue weighted by Crippen LogP contribution is -2.54.